The Morgan fingerprint density at radius 3 is 2.22 bits per heavy atom. The maximum Gasteiger partial charge on any atom is 0.326 e. The summed E-state index contributed by atoms with van der Waals surface area (Å²) in [6.45, 7) is 3.81. The largest absolute Gasteiger partial charge is 0.480 e. The van der Waals surface area contributed by atoms with Crippen LogP contribution in [0.25, 0.3) is 11.1 Å². The Balaban J connectivity index is 1.63. The van der Waals surface area contributed by atoms with Gasteiger partial charge in [0.15, 0.2) is 0 Å². The third-order valence-corrected chi connectivity index (χ3v) is 6.92. The van der Waals surface area contributed by atoms with Crippen LogP contribution in [0.3, 0.4) is 0 Å². The van der Waals surface area contributed by atoms with Gasteiger partial charge in [0.25, 0.3) is 5.91 Å². The van der Waals surface area contributed by atoms with Gasteiger partial charge in [-0.1, -0.05) is 43.5 Å². The number of anilines is 2. The van der Waals surface area contributed by atoms with Gasteiger partial charge in [0.1, 0.15) is 6.04 Å². The first-order valence-electron chi connectivity index (χ1n) is 12.6. The van der Waals surface area contributed by atoms with Crippen molar-refractivity contribution in [3.63, 3.8) is 0 Å². The number of carbonyl (C=O) groups is 3. The number of carbonyl (C=O) groups excluding carboxylic acids is 2. The number of aryl methyl sites for hydroxylation is 2. The Bertz CT molecular complexity index is 1270. The van der Waals surface area contributed by atoms with E-state index in [9.17, 15) is 19.5 Å². The molecule has 0 bridgehead atoms. The molecule has 4 rings (SSSR count). The zero-order chi connectivity index (χ0) is 26.4. The quantitative estimate of drug-likeness (QED) is 0.328. The number of hydrogen-bond acceptors (Lipinski definition) is 4. The van der Waals surface area contributed by atoms with Crippen molar-refractivity contribution in [2.45, 2.75) is 52.0 Å². The second kappa shape index (κ2) is 11.7. The van der Waals surface area contributed by atoms with Gasteiger partial charge >= 0.3 is 12.0 Å². The number of pyridine rings is 1. The molecule has 0 saturated heterocycles. The third-order valence-electron chi connectivity index (χ3n) is 6.92. The molecule has 37 heavy (non-hydrogen) atoms. The molecule has 192 valence electrons. The summed E-state index contributed by atoms with van der Waals surface area (Å²) in [5.74, 6) is -1.70. The van der Waals surface area contributed by atoms with E-state index in [2.05, 4.69) is 20.9 Å². The van der Waals surface area contributed by atoms with Gasteiger partial charge in [0.05, 0.1) is 11.3 Å². The number of aliphatic carboxylic acids is 1. The lowest BCUT2D eigenvalue weighted by Gasteiger charge is -2.28. The van der Waals surface area contributed by atoms with Crippen LogP contribution in [0.5, 0.6) is 0 Å². The second-order valence-electron chi connectivity index (χ2n) is 9.53. The van der Waals surface area contributed by atoms with Crippen LogP contribution in [0.1, 0.15) is 53.6 Å². The summed E-state index contributed by atoms with van der Waals surface area (Å²) < 4.78 is 0. The zero-order valence-electron chi connectivity index (χ0n) is 21.1. The average molecular weight is 501 g/mol. The van der Waals surface area contributed by atoms with Crippen LogP contribution < -0.4 is 16.0 Å². The molecule has 0 aliphatic heterocycles. The number of rotatable bonds is 7. The third kappa shape index (κ3) is 6.33. The molecule has 1 atom stereocenters. The second-order valence-corrected chi connectivity index (χ2v) is 9.53. The van der Waals surface area contributed by atoms with Crippen molar-refractivity contribution in [1.29, 1.82) is 0 Å². The number of para-hydroxylation sites is 1. The fourth-order valence-corrected chi connectivity index (χ4v) is 4.92. The van der Waals surface area contributed by atoms with E-state index in [0.29, 0.717) is 5.69 Å². The maximum atomic E-state index is 13.4. The number of carboxylic acids is 1. The van der Waals surface area contributed by atoms with Gasteiger partial charge in [-0.2, -0.15) is 0 Å². The van der Waals surface area contributed by atoms with Crippen molar-refractivity contribution in [3.05, 3.63) is 77.6 Å². The van der Waals surface area contributed by atoms with Crippen LogP contribution in [0, 0.1) is 19.8 Å². The molecule has 2 aromatic carbocycles. The highest BCUT2D eigenvalue weighted by molar-refractivity contribution is 6.08. The van der Waals surface area contributed by atoms with E-state index in [1.807, 2.05) is 44.2 Å². The molecule has 8 heteroatoms. The Morgan fingerprint density at radius 1 is 0.892 bits per heavy atom. The van der Waals surface area contributed by atoms with Crippen molar-refractivity contribution in [1.82, 2.24) is 10.3 Å². The molecular formula is C29H32N4O4. The van der Waals surface area contributed by atoms with Gasteiger partial charge in [0.2, 0.25) is 0 Å². The number of aromatic nitrogens is 1. The summed E-state index contributed by atoms with van der Waals surface area (Å²) in [6, 6.07) is 13.0. The molecule has 0 spiro atoms. The fraction of sp³-hybridized carbons (Fsp3) is 0.310. The first-order valence-corrected chi connectivity index (χ1v) is 12.6. The normalized spacial score (nSPS) is 14.4. The van der Waals surface area contributed by atoms with Crippen molar-refractivity contribution in [2.24, 2.45) is 5.92 Å². The van der Waals surface area contributed by atoms with Crippen LogP contribution in [-0.4, -0.2) is 34.0 Å². The Labute approximate surface area is 216 Å². The minimum atomic E-state index is -1.05. The number of carboxylic acid groups (broad SMARTS) is 1. The topological polar surface area (TPSA) is 120 Å². The lowest BCUT2D eigenvalue weighted by atomic mass is 9.83. The lowest BCUT2D eigenvalue weighted by molar-refractivity contribution is -0.141. The lowest BCUT2D eigenvalue weighted by Crippen LogP contribution is -2.46. The number of urea groups is 1. The Morgan fingerprint density at radius 2 is 1.57 bits per heavy atom. The molecule has 1 saturated carbocycles. The molecule has 1 aromatic heterocycles. The Kier molecular flexibility index (Phi) is 8.18. The number of hydrogen-bond donors (Lipinski definition) is 4. The molecule has 1 aliphatic rings. The van der Waals surface area contributed by atoms with Gasteiger partial charge in [-0.15, -0.1) is 0 Å². The van der Waals surface area contributed by atoms with E-state index in [4.69, 9.17) is 0 Å². The molecule has 8 nitrogen and oxygen atoms in total. The molecule has 0 radical (unpaired) electrons. The Hall–Kier alpha value is -4.20. The summed E-state index contributed by atoms with van der Waals surface area (Å²) in [5, 5.41) is 18.3. The fourth-order valence-electron chi connectivity index (χ4n) is 4.92. The van der Waals surface area contributed by atoms with Crippen molar-refractivity contribution in [2.75, 3.05) is 10.6 Å². The summed E-state index contributed by atoms with van der Waals surface area (Å²) >= 11 is 0. The molecular weight excluding hydrogens is 468 g/mol. The first kappa shape index (κ1) is 25.9. The van der Waals surface area contributed by atoms with Gasteiger partial charge in [0, 0.05) is 18.1 Å². The molecule has 1 fully saturated rings. The highest BCUT2D eigenvalue weighted by Gasteiger charge is 2.31. The molecule has 3 aromatic rings. The van der Waals surface area contributed by atoms with Gasteiger partial charge in [-0.05, 0) is 79.1 Å². The predicted octanol–water partition coefficient (Wildman–Crippen LogP) is 5.77. The van der Waals surface area contributed by atoms with E-state index < -0.39 is 23.9 Å². The van der Waals surface area contributed by atoms with Crippen LogP contribution in [-0.2, 0) is 4.79 Å². The van der Waals surface area contributed by atoms with E-state index in [-0.39, 0.29) is 17.2 Å². The van der Waals surface area contributed by atoms with Gasteiger partial charge in [-0.3, -0.25) is 9.78 Å². The standard InChI is InChI=1S/C29H32N4O4/c1-18-7-6-8-19(2)25(18)33-29(37)31-24-17-22(20-13-15-30-16-14-20)11-12-23(24)27(34)32-26(28(35)36)21-9-4-3-5-10-21/h6-8,11-17,21,26H,3-5,9-10H2,1-2H3,(H,32,34)(H,35,36)(H2,31,33,37)/t26-/m0/s1. The van der Waals surface area contributed by atoms with Crippen molar-refractivity contribution in [3.8, 4) is 11.1 Å². The van der Waals surface area contributed by atoms with Crippen LogP contribution >= 0.6 is 0 Å². The molecule has 4 N–H and O–H groups in total. The molecule has 3 amide bonds. The maximum absolute atomic E-state index is 13.4. The average Bonchev–Trinajstić information content (AvgIpc) is 2.90. The van der Waals surface area contributed by atoms with Crippen LogP contribution in [0.15, 0.2) is 60.9 Å². The monoisotopic (exact) mass is 500 g/mol. The first-order chi connectivity index (χ1) is 17.8. The summed E-state index contributed by atoms with van der Waals surface area (Å²) in [6.07, 6.45) is 7.85. The minimum Gasteiger partial charge on any atom is -0.480 e. The summed E-state index contributed by atoms with van der Waals surface area (Å²) in [5.41, 5.74) is 4.64. The van der Waals surface area contributed by atoms with Gasteiger partial charge < -0.3 is 21.1 Å². The number of nitrogens with zero attached hydrogens (tertiary/aromatic N) is 1. The smallest absolute Gasteiger partial charge is 0.326 e. The predicted molar refractivity (Wildman–Crippen MR) is 144 cm³/mol. The molecule has 0 unspecified atom stereocenters. The van der Waals surface area contributed by atoms with E-state index in [0.717, 1.165) is 54.4 Å². The SMILES string of the molecule is Cc1cccc(C)c1NC(=O)Nc1cc(-c2ccncc2)ccc1C(=O)N[C@H](C(=O)O)C1CCCCC1. The zero-order valence-corrected chi connectivity index (χ0v) is 21.1. The minimum absolute atomic E-state index is 0.116. The van der Waals surface area contributed by atoms with Crippen molar-refractivity contribution >= 4 is 29.3 Å². The summed E-state index contributed by atoms with van der Waals surface area (Å²) in [4.78, 5) is 42.5. The van der Waals surface area contributed by atoms with E-state index >= 15 is 0 Å². The summed E-state index contributed by atoms with van der Waals surface area (Å²) in [7, 11) is 0. The van der Waals surface area contributed by atoms with Crippen LogP contribution in [0.4, 0.5) is 16.2 Å². The van der Waals surface area contributed by atoms with E-state index in [1.165, 1.54) is 0 Å². The highest BCUT2D eigenvalue weighted by atomic mass is 16.4. The van der Waals surface area contributed by atoms with Gasteiger partial charge in [-0.25, -0.2) is 9.59 Å². The molecule has 1 aliphatic carbocycles. The van der Waals surface area contributed by atoms with E-state index in [1.54, 1.807) is 30.6 Å². The van der Waals surface area contributed by atoms with Crippen molar-refractivity contribution < 1.29 is 19.5 Å². The number of benzene rings is 2. The van der Waals surface area contributed by atoms with Crippen LogP contribution in [0.2, 0.25) is 0 Å². The highest BCUT2D eigenvalue weighted by Crippen LogP contribution is 2.29. The molecule has 1 heterocycles. The number of nitrogens with one attached hydrogen (secondary N) is 3. The number of amides is 3.